The maximum absolute atomic E-state index is 6.21. The summed E-state index contributed by atoms with van der Waals surface area (Å²) in [6.45, 7) is 8.10. The summed E-state index contributed by atoms with van der Waals surface area (Å²) in [6, 6.07) is 0. The summed E-state index contributed by atoms with van der Waals surface area (Å²) in [5.74, 6) is 0.964. The Morgan fingerprint density at radius 3 is 2.68 bits per heavy atom. The molecule has 0 amide bonds. The molecule has 0 spiro atoms. The second-order valence-corrected chi connectivity index (χ2v) is 6.84. The van der Waals surface area contributed by atoms with Crippen molar-refractivity contribution in [2.45, 2.75) is 57.4 Å². The highest BCUT2D eigenvalue weighted by molar-refractivity contribution is 4.97. The average molecular weight is 267 g/mol. The van der Waals surface area contributed by atoms with Gasteiger partial charge < -0.3 is 10.6 Å². The van der Waals surface area contributed by atoms with Crippen molar-refractivity contribution >= 4 is 0 Å². The van der Waals surface area contributed by atoms with E-state index >= 15 is 0 Å². The molecular formula is C16H33N3. The second kappa shape index (κ2) is 7.05. The van der Waals surface area contributed by atoms with Crippen molar-refractivity contribution in [2.24, 2.45) is 11.7 Å². The van der Waals surface area contributed by atoms with E-state index in [1.807, 2.05) is 0 Å². The molecule has 2 aliphatic heterocycles. The van der Waals surface area contributed by atoms with Crippen molar-refractivity contribution in [3.63, 3.8) is 0 Å². The fourth-order valence-electron chi connectivity index (χ4n) is 4.23. The average Bonchev–Trinajstić information content (AvgIpc) is 2.65. The standard InChI is InChI=1S/C16H33N3/c1-3-6-15-7-4-11-19(12-8-15)16(13-17)9-5-10-18(2)14-16/h15H,3-14,17H2,1-2H3. The van der Waals surface area contributed by atoms with Gasteiger partial charge in [-0.05, 0) is 64.7 Å². The number of rotatable bonds is 4. The van der Waals surface area contributed by atoms with Crippen molar-refractivity contribution in [2.75, 3.05) is 39.8 Å². The van der Waals surface area contributed by atoms with Crippen molar-refractivity contribution in [1.82, 2.24) is 9.80 Å². The third-order valence-corrected chi connectivity index (χ3v) is 5.34. The van der Waals surface area contributed by atoms with Crippen LogP contribution in [-0.4, -0.2) is 55.1 Å². The number of hydrogen-bond acceptors (Lipinski definition) is 3. The van der Waals surface area contributed by atoms with Crippen LogP contribution in [0.2, 0.25) is 0 Å². The molecule has 3 nitrogen and oxygen atoms in total. The van der Waals surface area contributed by atoms with Gasteiger partial charge in [0.15, 0.2) is 0 Å². The predicted molar refractivity (Wildman–Crippen MR) is 82.3 cm³/mol. The number of likely N-dealkylation sites (tertiary alicyclic amines) is 2. The van der Waals surface area contributed by atoms with E-state index in [-0.39, 0.29) is 5.54 Å². The molecule has 2 N–H and O–H groups in total. The van der Waals surface area contributed by atoms with Gasteiger partial charge in [0.05, 0.1) is 0 Å². The lowest BCUT2D eigenvalue weighted by atomic mass is 9.87. The van der Waals surface area contributed by atoms with Gasteiger partial charge in [0.2, 0.25) is 0 Å². The molecule has 2 aliphatic rings. The van der Waals surface area contributed by atoms with E-state index in [9.17, 15) is 0 Å². The Morgan fingerprint density at radius 2 is 2.00 bits per heavy atom. The van der Waals surface area contributed by atoms with Gasteiger partial charge in [0.25, 0.3) is 0 Å². The molecule has 0 aromatic heterocycles. The Balaban J connectivity index is 1.98. The minimum absolute atomic E-state index is 0.272. The van der Waals surface area contributed by atoms with Crippen LogP contribution in [0, 0.1) is 5.92 Å². The predicted octanol–water partition coefficient (Wildman–Crippen LogP) is 2.31. The lowest BCUT2D eigenvalue weighted by Crippen LogP contribution is -2.62. The van der Waals surface area contributed by atoms with Crippen LogP contribution in [0.4, 0.5) is 0 Å². The molecule has 0 bridgehead atoms. The van der Waals surface area contributed by atoms with Crippen molar-refractivity contribution in [3.05, 3.63) is 0 Å². The van der Waals surface area contributed by atoms with Crippen LogP contribution in [-0.2, 0) is 0 Å². The van der Waals surface area contributed by atoms with E-state index < -0.39 is 0 Å². The number of hydrogen-bond donors (Lipinski definition) is 1. The fourth-order valence-corrected chi connectivity index (χ4v) is 4.23. The van der Waals surface area contributed by atoms with Crippen LogP contribution in [0.15, 0.2) is 0 Å². The van der Waals surface area contributed by atoms with Gasteiger partial charge in [-0.15, -0.1) is 0 Å². The van der Waals surface area contributed by atoms with Crippen LogP contribution >= 0.6 is 0 Å². The van der Waals surface area contributed by atoms with Gasteiger partial charge in [0, 0.05) is 18.6 Å². The molecule has 2 rings (SSSR count). The summed E-state index contributed by atoms with van der Waals surface area (Å²) in [4.78, 5) is 5.23. The second-order valence-electron chi connectivity index (χ2n) is 6.84. The maximum atomic E-state index is 6.21. The minimum Gasteiger partial charge on any atom is -0.329 e. The zero-order chi connectivity index (χ0) is 13.7. The number of likely N-dealkylation sites (N-methyl/N-ethyl adjacent to an activating group) is 1. The zero-order valence-electron chi connectivity index (χ0n) is 13.0. The topological polar surface area (TPSA) is 32.5 Å². The lowest BCUT2D eigenvalue weighted by Gasteiger charge is -2.48. The molecule has 2 fully saturated rings. The largest absolute Gasteiger partial charge is 0.329 e. The molecule has 0 saturated carbocycles. The van der Waals surface area contributed by atoms with Crippen molar-refractivity contribution < 1.29 is 0 Å². The Labute approximate surface area is 119 Å². The molecule has 0 radical (unpaired) electrons. The summed E-state index contributed by atoms with van der Waals surface area (Å²) < 4.78 is 0. The molecule has 0 aromatic carbocycles. The van der Waals surface area contributed by atoms with Crippen LogP contribution in [0.3, 0.4) is 0 Å². The minimum atomic E-state index is 0.272. The number of nitrogens with zero attached hydrogens (tertiary/aromatic N) is 2. The summed E-state index contributed by atoms with van der Waals surface area (Å²) in [5, 5.41) is 0. The summed E-state index contributed by atoms with van der Waals surface area (Å²) in [5.41, 5.74) is 6.48. The Hall–Kier alpha value is -0.120. The van der Waals surface area contributed by atoms with Crippen LogP contribution < -0.4 is 5.73 Å². The van der Waals surface area contributed by atoms with E-state index in [0.717, 1.165) is 12.5 Å². The van der Waals surface area contributed by atoms with Crippen LogP contribution in [0.1, 0.15) is 51.9 Å². The molecule has 0 aromatic rings. The van der Waals surface area contributed by atoms with Crippen LogP contribution in [0.25, 0.3) is 0 Å². The first kappa shape index (κ1) is 15.3. The Morgan fingerprint density at radius 1 is 1.16 bits per heavy atom. The van der Waals surface area contributed by atoms with Gasteiger partial charge in [-0.1, -0.05) is 19.8 Å². The molecule has 2 unspecified atom stereocenters. The van der Waals surface area contributed by atoms with Gasteiger partial charge in [-0.25, -0.2) is 0 Å². The maximum Gasteiger partial charge on any atom is 0.0458 e. The highest BCUT2D eigenvalue weighted by Gasteiger charge is 2.39. The molecule has 112 valence electrons. The van der Waals surface area contributed by atoms with Crippen molar-refractivity contribution in [3.8, 4) is 0 Å². The smallest absolute Gasteiger partial charge is 0.0458 e. The Bertz CT molecular complexity index is 269. The monoisotopic (exact) mass is 267 g/mol. The lowest BCUT2D eigenvalue weighted by molar-refractivity contribution is 0.0273. The molecular weight excluding hydrogens is 234 g/mol. The van der Waals surface area contributed by atoms with E-state index in [2.05, 4.69) is 23.8 Å². The first-order valence-corrected chi connectivity index (χ1v) is 8.34. The summed E-state index contributed by atoms with van der Waals surface area (Å²) >= 11 is 0. The Kier molecular flexibility index (Phi) is 5.67. The van der Waals surface area contributed by atoms with E-state index in [1.54, 1.807) is 0 Å². The first-order chi connectivity index (χ1) is 9.20. The summed E-state index contributed by atoms with van der Waals surface area (Å²) in [7, 11) is 2.25. The molecule has 19 heavy (non-hydrogen) atoms. The SMILES string of the molecule is CCCC1CCCN(C2(CN)CCCN(C)C2)CC1. The summed E-state index contributed by atoms with van der Waals surface area (Å²) in [6.07, 6.45) is 9.56. The molecule has 2 saturated heterocycles. The van der Waals surface area contributed by atoms with E-state index in [4.69, 9.17) is 5.73 Å². The molecule has 2 atom stereocenters. The molecule has 2 heterocycles. The molecule has 3 heteroatoms. The van der Waals surface area contributed by atoms with Gasteiger partial charge in [0.1, 0.15) is 0 Å². The quantitative estimate of drug-likeness (QED) is 0.848. The zero-order valence-corrected chi connectivity index (χ0v) is 13.0. The van der Waals surface area contributed by atoms with Crippen LogP contribution in [0.5, 0.6) is 0 Å². The van der Waals surface area contributed by atoms with Gasteiger partial charge >= 0.3 is 0 Å². The number of nitrogens with two attached hydrogens (primary N) is 1. The highest BCUT2D eigenvalue weighted by atomic mass is 15.3. The molecule has 0 aliphatic carbocycles. The van der Waals surface area contributed by atoms with E-state index in [1.165, 1.54) is 71.1 Å². The van der Waals surface area contributed by atoms with Gasteiger partial charge in [-0.3, -0.25) is 4.90 Å². The number of piperidine rings is 1. The fraction of sp³-hybridized carbons (Fsp3) is 1.00. The first-order valence-electron chi connectivity index (χ1n) is 8.34. The normalized spacial score (nSPS) is 35.2. The van der Waals surface area contributed by atoms with Gasteiger partial charge in [-0.2, -0.15) is 0 Å². The van der Waals surface area contributed by atoms with E-state index in [0.29, 0.717) is 0 Å². The third-order valence-electron chi connectivity index (χ3n) is 5.34. The highest BCUT2D eigenvalue weighted by Crippen LogP contribution is 2.31. The third kappa shape index (κ3) is 3.71. The van der Waals surface area contributed by atoms with Crippen molar-refractivity contribution in [1.29, 1.82) is 0 Å².